The Hall–Kier alpha value is 5.98. The molecular formula is C2HN3SY6-2. The van der Waals surface area contributed by atoms with Crippen LogP contribution in [0.3, 0.4) is 0 Å². The summed E-state index contributed by atoms with van der Waals surface area (Å²) in [5.41, 5.74) is 9.11. The summed E-state index contributed by atoms with van der Waals surface area (Å²) in [5, 5.41) is 6.79. The zero-order valence-electron chi connectivity index (χ0n) is 6.27. The fourth-order valence-electron chi connectivity index (χ4n) is 0.150. The number of hydrogen-bond acceptors (Lipinski definition) is 3. The summed E-state index contributed by atoms with van der Waals surface area (Å²) in [6.07, 6.45) is 0. The third kappa shape index (κ3) is 21.3. The smallest absolute Gasteiger partial charge is 0 e. The molecule has 0 bridgehead atoms. The molecule has 10 heteroatoms. The van der Waals surface area contributed by atoms with Gasteiger partial charge >= 0.3 is 0 Å². The van der Waals surface area contributed by atoms with Crippen LogP contribution in [0.25, 0.3) is 5.73 Å². The van der Waals surface area contributed by atoms with E-state index in [1.807, 2.05) is 0 Å². The van der Waals surface area contributed by atoms with Crippen LogP contribution in [0.4, 0.5) is 5.13 Å². The van der Waals surface area contributed by atoms with E-state index in [4.69, 9.17) is 5.73 Å². The average molecular weight is 633 g/mol. The van der Waals surface area contributed by atoms with Crippen LogP contribution in [-0.2, 0) is 196 Å². The van der Waals surface area contributed by atoms with E-state index in [2.05, 4.69) is 15.7 Å². The summed E-state index contributed by atoms with van der Waals surface area (Å²) in [5.74, 6) is 0. The standard InChI is InChI=1S/C2HN3S.6Y/c3-2-5-4-1-6-2;;;;;;/h(H-,3,5);;;;;;/q-2;;;;;;. The number of nitrogens with one attached hydrogen (secondary N) is 1. The molecule has 50 valence electrons. The molecule has 1 N–H and O–H groups in total. The van der Waals surface area contributed by atoms with Crippen LogP contribution in [0.15, 0.2) is 0 Å². The van der Waals surface area contributed by atoms with E-state index in [0.29, 0.717) is 0 Å². The topological polar surface area (TPSA) is 49.6 Å². The largest absolute Gasteiger partial charge is 0.565 e. The van der Waals surface area contributed by atoms with E-state index in [-0.39, 0.29) is 201 Å². The first kappa shape index (κ1) is 36.1. The predicted octanol–water partition coefficient (Wildman–Crippen LogP) is 1.01. The van der Waals surface area contributed by atoms with E-state index in [1.165, 1.54) is 0 Å². The molecule has 0 saturated carbocycles. The quantitative estimate of drug-likeness (QED) is 0.402. The Balaban J connectivity index is -0.0000000150. The molecular weight excluding hydrogens is 632 g/mol. The molecule has 0 aliphatic carbocycles. The maximum Gasteiger partial charge on any atom is 0 e. The van der Waals surface area contributed by atoms with Crippen molar-refractivity contribution in [3.05, 3.63) is 11.2 Å². The van der Waals surface area contributed by atoms with Gasteiger partial charge in [-0.3, -0.25) is 0 Å². The Morgan fingerprint density at radius 2 is 1.42 bits per heavy atom. The molecule has 0 saturated heterocycles. The first-order chi connectivity index (χ1) is 2.89. The summed E-state index contributed by atoms with van der Waals surface area (Å²) in [7, 11) is 0. The SMILES string of the molecule is [NH-]c1nn[c-]s1.[Y].[Y].[Y].[Y].[Y].[Y]. The van der Waals surface area contributed by atoms with Crippen LogP contribution in [0.1, 0.15) is 0 Å². The Morgan fingerprint density at radius 3 is 1.50 bits per heavy atom. The van der Waals surface area contributed by atoms with E-state index < -0.39 is 0 Å². The molecule has 0 aromatic carbocycles. The average Bonchev–Trinajstić information content (AvgIpc) is 1.86. The number of aromatic nitrogens is 2. The number of nitrogens with zero attached hydrogens (tertiary/aromatic N) is 2. The molecule has 0 unspecified atom stereocenters. The van der Waals surface area contributed by atoms with Gasteiger partial charge in [-0.2, -0.15) is 5.13 Å². The van der Waals surface area contributed by atoms with Crippen molar-refractivity contribution >= 4 is 16.5 Å². The second kappa shape index (κ2) is 25.7. The van der Waals surface area contributed by atoms with Gasteiger partial charge in [0.1, 0.15) is 0 Å². The molecule has 0 aliphatic heterocycles. The van der Waals surface area contributed by atoms with Gasteiger partial charge in [0.15, 0.2) is 0 Å². The van der Waals surface area contributed by atoms with Crippen LogP contribution in [0.2, 0.25) is 0 Å². The number of hydrogen-bond donors (Lipinski definition) is 0. The van der Waals surface area contributed by atoms with Gasteiger partial charge < -0.3 is 27.3 Å². The Bertz CT molecular complexity index is 124. The minimum Gasteiger partial charge on any atom is -0.565 e. The second-order valence-electron chi connectivity index (χ2n) is 0.699. The maximum absolute atomic E-state index is 6.69. The molecule has 1 aromatic rings. The van der Waals surface area contributed by atoms with Gasteiger partial charge in [0.25, 0.3) is 0 Å². The Kier molecular flexibility index (Phi) is 77.5. The second-order valence-corrected chi connectivity index (χ2v) is 1.47. The van der Waals surface area contributed by atoms with Crippen molar-refractivity contribution in [2.24, 2.45) is 0 Å². The third-order valence-electron chi connectivity index (χ3n) is 0.324. The van der Waals surface area contributed by atoms with Crippen LogP contribution < -0.4 is 0 Å². The van der Waals surface area contributed by atoms with Gasteiger partial charge in [0.2, 0.25) is 0 Å². The minimum absolute atomic E-state index is 0. The summed E-state index contributed by atoms with van der Waals surface area (Å²) < 4.78 is 0. The first-order valence-corrected chi connectivity index (χ1v) is 2.12. The fraction of sp³-hybridized carbons (Fsp3) is 0. The normalized spacial score (nSPS) is 4.33. The van der Waals surface area contributed by atoms with Gasteiger partial charge in [0.05, 0.1) is 0 Å². The predicted molar refractivity (Wildman–Crippen MR) is 22.7 cm³/mol. The van der Waals surface area contributed by atoms with Crippen LogP contribution in [-0.4, -0.2) is 10.2 Å². The van der Waals surface area contributed by atoms with Crippen molar-refractivity contribution in [1.82, 2.24) is 10.2 Å². The fourth-order valence-corrected chi connectivity index (χ4v) is 0.400. The van der Waals surface area contributed by atoms with E-state index in [9.17, 15) is 0 Å². The molecule has 12 heavy (non-hydrogen) atoms. The van der Waals surface area contributed by atoms with E-state index in [1.54, 1.807) is 0 Å². The van der Waals surface area contributed by atoms with E-state index in [0.717, 1.165) is 11.3 Å². The van der Waals surface area contributed by atoms with Gasteiger partial charge in [-0.1, -0.05) is 5.51 Å². The summed E-state index contributed by atoms with van der Waals surface area (Å²) in [6, 6.07) is 0. The van der Waals surface area contributed by atoms with Gasteiger partial charge in [-0.05, 0) is 0 Å². The van der Waals surface area contributed by atoms with Gasteiger partial charge in [-0.15, -0.1) is 0 Å². The molecule has 0 amide bonds. The molecule has 0 fully saturated rings. The summed E-state index contributed by atoms with van der Waals surface area (Å²) in [6.45, 7) is 0. The zero-order chi connectivity index (χ0) is 4.41. The molecule has 0 aliphatic rings. The minimum atomic E-state index is 0. The van der Waals surface area contributed by atoms with Crippen molar-refractivity contribution in [3.8, 4) is 0 Å². The molecule has 3 nitrogen and oxygen atoms in total. The molecule has 1 aromatic heterocycles. The van der Waals surface area contributed by atoms with Crippen LogP contribution in [0.5, 0.6) is 0 Å². The molecule has 6 radical (unpaired) electrons. The molecule has 1 heterocycles. The van der Waals surface area contributed by atoms with Crippen molar-refractivity contribution in [2.45, 2.75) is 0 Å². The maximum atomic E-state index is 6.69. The van der Waals surface area contributed by atoms with Crippen molar-refractivity contribution < 1.29 is 196 Å². The Morgan fingerprint density at radius 1 is 1.00 bits per heavy atom. The molecule has 1 rings (SSSR count). The third-order valence-corrected chi connectivity index (χ3v) is 0.772. The summed E-state index contributed by atoms with van der Waals surface area (Å²) in [4.78, 5) is 0. The van der Waals surface area contributed by atoms with Crippen LogP contribution >= 0.6 is 11.3 Å². The Labute approximate surface area is 227 Å². The molecule has 0 atom stereocenters. The zero-order valence-corrected chi connectivity index (χ0v) is 24.1. The van der Waals surface area contributed by atoms with Crippen LogP contribution in [0, 0.1) is 5.51 Å². The van der Waals surface area contributed by atoms with Gasteiger partial charge in [0, 0.05) is 196 Å². The monoisotopic (exact) mass is 632 g/mol. The van der Waals surface area contributed by atoms with Crippen molar-refractivity contribution in [3.63, 3.8) is 0 Å². The van der Waals surface area contributed by atoms with Gasteiger partial charge in [-0.25, -0.2) is 0 Å². The van der Waals surface area contributed by atoms with Crippen molar-refractivity contribution in [2.75, 3.05) is 0 Å². The molecule has 0 spiro atoms. The number of rotatable bonds is 0. The van der Waals surface area contributed by atoms with E-state index >= 15 is 0 Å². The summed E-state index contributed by atoms with van der Waals surface area (Å²) >= 11 is 1.10. The van der Waals surface area contributed by atoms with Crippen molar-refractivity contribution in [1.29, 1.82) is 0 Å². The first-order valence-electron chi connectivity index (χ1n) is 1.31.